The minimum Gasteiger partial charge on any atom is -0.478 e. The van der Waals surface area contributed by atoms with Crippen LogP contribution in [0.4, 0.5) is 0 Å². The van der Waals surface area contributed by atoms with Gasteiger partial charge in [-0.2, -0.15) is 0 Å². The van der Waals surface area contributed by atoms with Gasteiger partial charge in [0.1, 0.15) is 0 Å². The Kier molecular flexibility index (Phi) is 8.16. The van der Waals surface area contributed by atoms with Gasteiger partial charge in [-0.1, -0.05) is 78.3 Å². The third-order valence-corrected chi connectivity index (χ3v) is 5.04. The van der Waals surface area contributed by atoms with E-state index in [9.17, 15) is 14.4 Å². The topological polar surface area (TPSA) is 80.7 Å². The van der Waals surface area contributed by atoms with Gasteiger partial charge in [-0.05, 0) is 37.3 Å². The molecule has 0 fully saturated rings. The number of carboxylic acids is 1. The minimum atomic E-state index is -1.63. The molecular formula is C23H23ClO5. The number of carbonyl (C=O) groups is 3. The van der Waals surface area contributed by atoms with Gasteiger partial charge >= 0.3 is 17.9 Å². The maximum Gasteiger partial charge on any atom is 0.344 e. The van der Waals surface area contributed by atoms with Crippen molar-refractivity contribution in [3.63, 3.8) is 0 Å². The zero-order chi connectivity index (χ0) is 21.3. The molecule has 2 rings (SSSR count). The molecule has 2 aromatic carbocycles. The molecule has 0 aliphatic rings. The number of hydrogen-bond acceptors (Lipinski definition) is 4. The van der Waals surface area contributed by atoms with Crippen molar-refractivity contribution in [2.24, 2.45) is 0 Å². The third-order valence-electron chi connectivity index (χ3n) is 4.45. The van der Waals surface area contributed by atoms with E-state index in [4.69, 9.17) is 21.4 Å². The molecule has 2 aromatic rings. The summed E-state index contributed by atoms with van der Waals surface area (Å²) in [5, 5.41) is 8.80. The molecule has 0 aromatic heterocycles. The molecule has 0 aliphatic carbocycles. The lowest BCUT2D eigenvalue weighted by molar-refractivity contribution is -0.161. The van der Waals surface area contributed by atoms with E-state index in [1.807, 2.05) is 12.1 Å². The molecule has 29 heavy (non-hydrogen) atoms. The monoisotopic (exact) mass is 414 g/mol. The van der Waals surface area contributed by atoms with Crippen molar-refractivity contribution in [1.29, 1.82) is 0 Å². The summed E-state index contributed by atoms with van der Waals surface area (Å²) in [6.45, 7) is 1.52. The number of aliphatic carboxylic acids is 1. The van der Waals surface area contributed by atoms with E-state index >= 15 is 0 Å². The quantitative estimate of drug-likeness (QED) is 0.209. The number of allylic oxidation sites excluding steroid dienone is 1. The van der Waals surface area contributed by atoms with Crippen LogP contribution in [0, 0.1) is 0 Å². The van der Waals surface area contributed by atoms with Gasteiger partial charge in [0.05, 0.1) is 0 Å². The summed E-state index contributed by atoms with van der Waals surface area (Å²) < 4.78 is 5.07. The smallest absolute Gasteiger partial charge is 0.344 e. The molecule has 0 amide bonds. The van der Waals surface area contributed by atoms with Crippen LogP contribution in [0.25, 0.3) is 0 Å². The molecule has 0 bridgehead atoms. The Morgan fingerprint density at radius 3 is 1.97 bits per heavy atom. The molecule has 152 valence electrons. The average Bonchev–Trinajstić information content (AvgIpc) is 2.73. The van der Waals surface area contributed by atoms with Gasteiger partial charge in [0.15, 0.2) is 4.87 Å². The third kappa shape index (κ3) is 6.03. The second kappa shape index (κ2) is 10.6. The molecule has 1 N–H and O–H groups in total. The normalized spacial score (nSPS) is 11.7. The molecule has 0 unspecified atom stereocenters. The van der Waals surface area contributed by atoms with Gasteiger partial charge in [0, 0.05) is 12.0 Å². The van der Waals surface area contributed by atoms with Crippen LogP contribution in [-0.2, 0) is 24.0 Å². The fraction of sp³-hybridized carbons (Fsp3) is 0.261. The first-order valence-corrected chi connectivity index (χ1v) is 9.68. The van der Waals surface area contributed by atoms with Crippen molar-refractivity contribution in [2.75, 3.05) is 0 Å². The van der Waals surface area contributed by atoms with Crippen LogP contribution in [0.5, 0.6) is 0 Å². The molecule has 0 aliphatic heterocycles. The largest absolute Gasteiger partial charge is 0.478 e. The van der Waals surface area contributed by atoms with Gasteiger partial charge in [-0.3, -0.25) is 4.79 Å². The Morgan fingerprint density at radius 1 is 0.966 bits per heavy atom. The second-order valence-electron chi connectivity index (χ2n) is 6.59. The highest BCUT2D eigenvalue weighted by atomic mass is 35.5. The van der Waals surface area contributed by atoms with Crippen molar-refractivity contribution < 1.29 is 24.2 Å². The maximum atomic E-state index is 12.9. The number of ether oxygens (including phenoxy) is 1. The first-order valence-electron chi connectivity index (χ1n) is 9.31. The summed E-state index contributed by atoms with van der Waals surface area (Å²) in [7, 11) is 0. The first-order chi connectivity index (χ1) is 13.9. The molecule has 6 heteroatoms. The lowest BCUT2D eigenvalue weighted by Gasteiger charge is -2.25. The number of hydrogen-bond donors (Lipinski definition) is 1. The summed E-state index contributed by atoms with van der Waals surface area (Å²) in [6.07, 6.45) is 3.27. The summed E-state index contributed by atoms with van der Waals surface area (Å²) in [5.74, 6) is -2.47. The average molecular weight is 415 g/mol. The van der Waals surface area contributed by atoms with Crippen LogP contribution in [0.15, 0.2) is 72.3 Å². The molecule has 0 heterocycles. The number of carboxylic acid groups (broad SMARTS) is 1. The van der Waals surface area contributed by atoms with Gasteiger partial charge < -0.3 is 9.84 Å². The maximum absolute atomic E-state index is 12.9. The van der Waals surface area contributed by atoms with Crippen LogP contribution in [0.1, 0.15) is 43.7 Å². The van der Waals surface area contributed by atoms with Crippen LogP contribution >= 0.6 is 11.6 Å². The fourth-order valence-corrected chi connectivity index (χ4v) is 3.07. The first kappa shape index (κ1) is 22.4. The summed E-state index contributed by atoms with van der Waals surface area (Å²) in [5.41, 5.74) is 1.29. The molecule has 0 spiro atoms. The van der Waals surface area contributed by atoms with E-state index in [1.165, 1.54) is 6.92 Å². The number of alkyl halides is 1. The standard InChI is InChI=1S/C23H23ClO5/c1-17(21(26)27)11-5-2-10-16-20(25)29-22(28)23(24,18-12-6-3-7-13-18)19-14-8-4-9-15-19/h3-4,6-9,11-15H,2,5,10,16H2,1H3,(H,26,27). The van der Waals surface area contributed by atoms with Gasteiger partial charge in [0.25, 0.3) is 0 Å². The van der Waals surface area contributed by atoms with E-state index in [0.29, 0.717) is 30.4 Å². The van der Waals surface area contributed by atoms with Gasteiger partial charge in [-0.15, -0.1) is 0 Å². The number of rotatable bonds is 9. The Hall–Kier alpha value is -2.92. The van der Waals surface area contributed by atoms with Crippen LogP contribution in [0.2, 0.25) is 0 Å². The second-order valence-corrected chi connectivity index (χ2v) is 7.16. The molecule has 0 radical (unpaired) electrons. The summed E-state index contributed by atoms with van der Waals surface area (Å²) >= 11 is 6.74. The highest BCUT2D eigenvalue weighted by Crippen LogP contribution is 2.38. The molecule has 0 atom stereocenters. The highest BCUT2D eigenvalue weighted by molar-refractivity contribution is 6.36. The van der Waals surface area contributed by atoms with E-state index in [1.54, 1.807) is 54.6 Å². The lowest BCUT2D eigenvalue weighted by Crippen LogP contribution is -2.34. The van der Waals surface area contributed by atoms with E-state index in [2.05, 4.69) is 0 Å². The van der Waals surface area contributed by atoms with E-state index in [0.717, 1.165) is 0 Å². The Bertz CT molecular complexity index is 835. The Labute approximate surface area is 175 Å². The lowest BCUT2D eigenvalue weighted by atomic mass is 9.90. The van der Waals surface area contributed by atoms with Crippen LogP contribution < -0.4 is 0 Å². The number of carbonyl (C=O) groups excluding carboxylic acids is 2. The summed E-state index contributed by atoms with van der Waals surface area (Å²) in [4.78, 5) is 34.1. The molecule has 0 saturated heterocycles. The predicted octanol–water partition coefficient (Wildman–Crippen LogP) is 4.83. The number of benzene rings is 2. The highest BCUT2D eigenvalue weighted by Gasteiger charge is 2.42. The van der Waals surface area contributed by atoms with Crippen molar-refractivity contribution in [3.05, 3.63) is 83.4 Å². The molecule has 5 nitrogen and oxygen atoms in total. The Morgan fingerprint density at radius 2 is 1.48 bits per heavy atom. The van der Waals surface area contributed by atoms with Crippen molar-refractivity contribution >= 4 is 29.5 Å². The van der Waals surface area contributed by atoms with E-state index < -0.39 is 22.8 Å². The predicted molar refractivity (Wildman–Crippen MR) is 110 cm³/mol. The number of unbranched alkanes of at least 4 members (excludes halogenated alkanes) is 2. The van der Waals surface area contributed by atoms with E-state index in [-0.39, 0.29) is 12.0 Å². The zero-order valence-corrected chi connectivity index (χ0v) is 16.9. The van der Waals surface area contributed by atoms with Gasteiger partial charge in [0.2, 0.25) is 0 Å². The Balaban J connectivity index is 2.03. The van der Waals surface area contributed by atoms with Crippen molar-refractivity contribution in [1.82, 2.24) is 0 Å². The molecule has 0 saturated carbocycles. The number of esters is 2. The van der Waals surface area contributed by atoms with Crippen LogP contribution in [-0.4, -0.2) is 23.0 Å². The van der Waals surface area contributed by atoms with Crippen molar-refractivity contribution in [2.45, 2.75) is 37.5 Å². The minimum absolute atomic E-state index is 0.0439. The summed E-state index contributed by atoms with van der Waals surface area (Å²) in [6, 6.07) is 17.5. The SMILES string of the molecule is CC(=CCCCCC(=O)OC(=O)C(Cl)(c1ccccc1)c1ccccc1)C(=O)O. The van der Waals surface area contributed by atoms with Crippen LogP contribution in [0.3, 0.4) is 0 Å². The van der Waals surface area contributed by atoms with Gasteiger partial charge in [-0.25, -0.2) is 9.59 Å². The molecular weight excluding hydrogens is 392 g/mol. The zero-order valence-electron chi connectivity index (χ0n) is 16.1. The van der Waals surface area contributed by atoms with Crippen molar-refractivity contribution in [3.8, 4) is 0 Å². The number of halogens is 1. The fourth-order valence-electron chi connectivity index (χ4n) is 2.78.